The maximum Gasteiger partial charge on any atom is 0.191 e. The molecule has 0 spiro atoms. The molecule has 30 heavy (non-hydrogen) atoms. The van der Waals surface area contributed by atoms with Gasteiger partial charge in [-0.25, -0.2) is 4.99 Å². The maximum atomic E-state index is 5.77. The molecule has 9 heteroatoms. The van der Waals surface area contributed by atoms with Crippen molar-refractivity contribution in [3.63, 3.8) is 0 Å². The van der Waals surface area contributed by atoms with Crippen LogP contribution in [0.2, 0.25) is 0 Å². The van der Waals surface area contributed by atoms with Crippen molar-refractivity contribution in [2.45, 2.75) is 39.3 Å². The van der Waals surface area contributed by atoms with E-state index in [-0.39, 0.29) is 24.0 Å². The van der Waals surface area contributed by atoms with Crippen LogP contribution in [0.15, 0.2) is 35.3 Å². The second-order valence-corrected chi connectivity index (χ2v) is 7.28. The number of rotatable bonds is 9. The van der Waals surface area contributed by atoms with Gasteiger partial charge in [-0.1, -0.05) is 25.1 Å². The topological polar surface area (TPSA) is 79.6 Å². The summed E-state index contributed by atoms with van der Waals surface area (Å²) in [5.41, 5.74) is 0. The first-order valence-corrected chi connectivity index (χ1v) is 10.5. The predicted molar refractivity (Wildman–Crippen MR) is 131 cm³/mol. The minimum absolute atomic E-state index is 0. The lowest BCUT2D eigenvalue weighted by atomic mass is 10.2. The molecule has 0 bridgehead atoms. The number of aromatic nitrogens is 3. The van der Waals surface area contributed by atoms with E-state index in [1.54, 1.807) is 0 Å². The summed E-state index contributed by atoms with van der Waals surface area (Å²) in [7, 11) is 1.96. The highest BCUT2D eigenvalue weighted by molar-refractivity contribution is 14.0. The number of para-hydroxylation sites is 1. The molecular weight excluding hydrogens is 493 g/mol. The summed E-state index contributed by atoms with van der Waals surface area (Å²) in [6.45, 7) is 9.05. The summed E-state index contributed by atoms with van der Waals surface area (Å²) in [6.07, 6.45) is 2.50. The van der Waals surface area contributed by atoms with Gasteiger partial charge in [-0.15, -0.1) is 34.2 Å². The largest absolute Gasteiger partial charge is 0.492 e. The molecule has 166 valence electrons. The lowest BCUT2D eigenvalue weighted by Crippen LogP contribution is -2.45. The number of likely N-dealkylation sites (N-methyl/N-ethyl adjacent to an activating group) is 1. The second kappa shape index (κ2) is 12.7. The third-order valence-corrected chi connectivity index (χ3v) is 5.38. The summed E-state index contributed by atoms with van der Waals surface area (Å²) in [5, 5.41) is 15.2. The molecule has 1 aliphatic rings. The van der Waals surface area contributed by atoms with Crippen LogP contribution in [0, 0.1) is 6.92 Å². The molecule has 2 N–H and O–H groups in total. The van der Waals surface area contributed by atoms with Crippen molar-refractivity contribution < 1.29 is 4.74 Å². The lowest BCUT2D eigenvalue weighted by molar-refractivity contribution is 0.266. The number of likely N-dealkylation sites (tertiary alicyclic amines) is 1. The van der Waals surface area contributed by atoms with E-state index in [0.29, 0.717) is 25.7 Å². The Balaban J connectivity index is 0.00000320. The van der Waals surface area contributed by atoms with E-state index < -0.39 is 0 Å². The van der Waals surface area contributed by atoms with Crippen LogP contribution in [-0.4, -0.2) is 64.5 Å². The average Bonchev–Trinajstić information content (AvgIpc) is 3.34. The first-order chi connectivity index (χ1) is 14.2. The van der Waals surface area contributed by atoms with E-state index in [1.807, 2.05) is 48.9 Å². The van der Waals surface area contributed by atoms with Gasteiger partial charge in [0.05, 0.1) is 6.54 Å². The number of ether oxygens (including phenoxy) is 1. The van der Waals surface area contributed by atoms with E-state index in [1.165, 1.54) is 19.4 Å². The van der Waals surface area contributed by atoms with Crippen molar-refractivity contribution in [1.29, 1.82) is 0 Å². The molecule has 2 heterocycles. The maximum absolute atomic E-state index is 5.77. The number of benzene rings is 1. The monoisotopic (exact) mass is 527 g/mol. The van der Waals surface area contributed by atoms with Crippen molar-refractivity contribution in [2.75, 3.05) is 32.8 Å². The van der Waals surface area contributed by atoms with Crippen molar-refractivity contribution in [2.24, 2.45) is 12.0 Å². The number of halogens is 1. The average molecular weight is 527 g/mol. The number of aryl methyl sites for hydroxylation is 1. The van der Waals surface area contributed by atoms with Crippen molar-refractivity contribution >= 4 is 29.9 Å². The van der Waals surface area contributed by atoms with E-state index in [2.05, 4.69) is 32.7 Å². The molecule has 1 saturated heterocycles. The standard InChI is InChI=1S/C21H33N7O.HI/c1-4-28-13-8-9-18(28)15-23-21(24-16-20-26-25-17(2)27(20)3)22-12-14-29-19-10-6-5-7-11-19;/h5-7,10-11,18H,4,8-9,12-16H2,1-3H3,(H2,22,23,24);1H. The Morgan fingerprint density at radius 1 is 1.23 bits per heavy atom. The SMILES string of the molecule is CCN1CCCC1CNC(=NCc1nnc(C)n1C)NCCOc1ccccc1.I. The van der Waals surface area contributed by atoms with Gasteiger partial charge in [0, 0.05) is 19.6 Å². The number of guanidine groups is 1. The molecule has 1 aromatic carbocycles. The second-order valence-electron chi connectivity index (χ2n) is 7.28. The van der Waals surface area contributed by atoms with Gasteiger partial charge in [0.2, 0.25) is 0 Å². The molecule has 0 amide bonds. The van der Waals surface area contributed by atoms with Crippen LogP contribution in [0.5, 0.6) is 5.75 Å². The molecule has 1 fully saturated rings. The molecule has 1 atom stereocenters. The van der Waals surface area contributed by atoms with Gasteiger partial charge < -0.3 is 19.9 Å². The number of nitrogens with zero attached hydrogens (tertiary/aromatic N) is 5. The normalized spacial score (nSPS) is 16.9. The molecule has 1 unspecified atom stereocenters. The van der Waals surface area contributed by atoms with Gasteiger partial charge in [-0.2, -0.15) is 0 Å². The molecule has 1 aliphatic heterocycles. The zero-order valence-corrected chi connectivity index (χ0v) is 20.5. The third-order valence-electron chi connectivity index (χ3n) is 5.38. The fourth-order valence-corrected chi connectivity index (χ4v) is 3.52. The Bertz CT molecular complexity index is 781. The first-order valence-electron chi connectivity index (χ1n) is 10.5. The molecular formula is C21H34IN7O. The Morgan fingerprint density at radius 3 is 2.73 bits per heavy atom. The van der Waals surface area contributed by atoms with Crippen LogP contribution >= 0.6 is 24.0 Å². The highest BCUT2D eigenvalue weighted by Crippen LogP contribution is 2.15. The fraction of sp³-hybridized carbons (Fsp3) is 0.571. The number of hydrogen-bond donors (Lipinski definition) is 2. The number of nitrogens with one attached hydrogen (secondary N) is 2. The zero-order valence-electron chi connectivity index (χ0n) is 18.2. The van der Waals surface area contributed by atoms with Crippen LogP contribution in [0.4, 0.5) is 0 Å². The summed E-state index contributed by atoms with van der Waals surface area (Å²) in [6, 6.07) is 10.4. The third kappa shape index (κ3) is 7.12. The van der Waals surface area contributed by atoms with Crippen LogP contribution in [0.3, 0.4) is 0 Å². The Labute approximate surface area is 196 Å². The van der Waals surface area contributed by atoms with Crippen LogP contribution in [-0.2, 0) is 13.6 Å². The quantitative estimate of drug-likeness (QED) is 0.226. The van der Waals surface area contributed by atoms with Gasteiger partial charge >= 0.3 is 0 Å². The minimum Gasteiger partial charge on any atom is -0.492 e. The number of aliphatic imine (C=N–C) groups is 1. The van der Waals surface area contributed by atoms with Crippen LogP contribution < -0.4 is 15.4 Å². The Hall–Kier alpha value is -1.88. The summed E-state index contributed by atoms with van der Waals surface area (Å²) in [5.74, 6) is 3.39. The Morgan fingerprint density at radius 2 is 2.03 bits per heavy atom. The van der Waals surface area contributed by atoms with Gasteiger partial charge in [-0.3, -0.25) is 4.90 Å². The van der Waals surface area contributed by atoms with E-state index >= 15 is 0 Å². The highest BCUT2D eigenvalue weighted by Gasteiger charge is 2.22. The van der Waals surface area contributed by atoms with Gasteiger partial charge in [-0.05, 0) is 45.0 Å². The molecule has 2 aromatic rings. The molecule has 1 aromatic heterocycles. The summed E-state index contributed by atoms with van der Waals surface area (Å²) in [4.78, 5) is 7.24. The Kier molecular flexibility index (Phi) is 10.4. The summed E-state index contributed by atoms with van der Waals surface area (Å²) < 4.78 is 7.74. The molecule has 0 saturated carbocycles. The molecule has 0 aliphatic carbocycles. The van der Waals surface area contributed by atoms with Gasteiger partial charge in [0.1, 0.15) is 24.7 Å². The van der Waals surface area contributed by atoms with E-state index in [4.69, 9.17) is 9.73 Å². The fourth-order valence-electron chi connectivity index (χ4n) is 3.52. The van der Waals surface area contributed by atoms with Gasteiger partial charge in [0.15, 0.2) is 11.8 Å². The van der Waals surface area contributed by atoms with Crippen molar-refractivity contribution in [1.82, 2.24) is 30.3 Å². The van der Waals surface area contributed by atoms with E-state index in [9.17, 15) is 0 Å². The van der Waals surface area contributed by atoms with E-state index in [0.717, 1.165) is 36.4 Å². The highest BCUT2D eigenvalue weighted by atomic mass is 127. The predicted octanol–water partition coefficient (Wildman–Crippen LogP) is 2.34. The zero-order chi connectivity index (χ0) is 20.5. The lowest BCUT2D eigenvalue weighted by Gasteiger charge is -2.24. The van der Waals surface area contributed by atoms with Gasteiger partial charge in [0.25, 0.3) is 0 Å². The molecule has 3 rings (SSSR count). The summed E-state index contributed by atoms with van der Waals surface area (Å²) >= 11 is 0. The smallest absolute Gasteiger partial charge is 0.191 e. The number of hydrogen-bond acceptors (Lipinski definition) is 5. The van der Waals surface area contributed by atoms with Crippen molar-refractivity contribution in [3.05, 3.63) is 42.0 Å². The van der Waals surface area contributed by atoms with Crippen molar-refractivity contribution in [3.8, 4) is 5.75 Å². The molecule has 0 radical (unpaired) electrons. The minimum atomic E-state index is 0. The van der Waals surface area contributed by atoms with Crippen LogP contribution in [0.25, 0.3) is 0 Å². The molecule has 8 nitrogen and oxygen atoms in total. The first kappa shape index (κ1) is 24.4. The van der Waals surface area contributed by atoms with Crippen LogP contribution in [0.1, 0.15) is 31.4 Å².